The van der Waals surface area contributed by atoms with Crippen molar-refractivity contribution in [2.45, 2.75) is 31.4 Å². The monoisotopic (exact) mass is 514 g/mol. The van der Waals surface area contributed by atoms with Gasteiger partial charge >= 0.3 is 0 Å². The summed E-state index contributed by atoms with van der Waals surface area (Å²) < 4.78 is 0. The molecule has 4 atom stereocenters. The summed E-state index contributed by atoms with van der Waals surface area (Å²) in [5.74, 6) is -7.36. The Kier molecular flexibility index (Phi) is 6.51. The normalized spacial score (nSPS) is 27.0. The third-order valence-electron chi connectivity index (χ3n) is 7.41. The van der Waals surface area contributed by atoms with Crippen molar-refractivity contribution in [3.63, 3.8) is 0 Å². The number of phenols is 1. The fraction of sp³-hybridized carbons (Fsp3) is 0.440. The van der Waals surface area contributed by atoms with E-state index in [0.717, 1.165) is 0 Å². The molecule has 0 heterocycles. The van der Waals surface area contributed by atoms with Crippen molar-refractivity contribution in [1.82, 2.24) is 10.2 Å². The fourth-order valence-corrected chi connectivity index (χ4v) is 5.80. The number of benzene rings is 1. The van der Waals surface area contributed by atoms with Crippen LogP contribution in [0.2, 0.25) is 0 Å². The number of phenolic OH excluding ortho intramolecular Hbond substituents is 1. The van der Waals surface area contributed by atoms with Crippen molar-refractivity contribution in [3.8, 4) is 5.75 Å². The fourth-order valence-electron chi connectivity index (χ4n) is 5.80. The minimum atomic E-state index is -2.69. The third kappa shape index (κ3) is 3.83. The van der Waals surface area contributed by atoms with E-state index < -0.39 is 63.8 Å². The number of aliphatic hydroxyl groups is 3. The molecule has 0 radical (unpaired) electrons. The second-order valence-corrected chi connectivity index (χ2v) is 9.76. The zero-order chi connectivity index (χ0) is 27.4. The lowest BCUT2D eigenvalue weighted by molar-refractivity contribution is -0.153. The first-order valence-corrected chi connectivity index (χ1v) is 11.9. The van der Waals surface area contributed by atoms with E-state index in [4.69, 9.17) is 5.73 Å². The molecule has 8 N–H and O–H groups in total. The van der Waals surface area contributed by atoms with Crippen molar-refractivity contribution >= 4 is 34.8 Å². The number of rotatable bonds is 6. The van der Waals surface area contributed by atoms with Crippen LogP contribution in [0.3, 0.4) is 0 Å². The van der Waals surface area contributed by atoms with E-state index in [2.05, 4.69) is 10.6 Å². The van der Waals surface area contributed by atoms with Crippen LogP contribution in [-0.4, -0.2) is 87.5 Å². The van der Waals surface area contributed by atoms with Gasteiger partial charge in [0.1, 0.15) is 22.8 Å². The molecule has 0 unspecified atom stereocenters. The lowest BCUT2D eigenvalue weighted by Crippen LogP contribution is -2.65. The van der Waals surface area contributed by atoms with Crippen LogP contribution >= 0.6 is 0 Å². The molecule has 1 fully saturated rings. The summed E-state index contributed by atoms with van der Waals surface area (Å²) in [6.07, 6.45) is 0.211. The number of nitrogens with one attached hydrogen (secondary N) is 2. The number of primary amides is 1. The molecular weight excluding hydrogens is 484 g/mol. The number of likely N-dealkylation sites (N-methyl/N-ethyl adjacent to an activating group) is 2. The van der Waals surface area contributed by atoms with E-state index in [1.165, 1.54) is 4.90 Å². The Morgan fingerprint density at radius 3 is 2.46 bits per heavy atom. The lowest BCUT2D eigenvalue weighted by atomic mass is 9.57. The second-order valence-electron chi connectivity index (χ2n) is 9.76. The largest absolute Gasteiger partial charge is 0.508 e. The molecule has 4 rings (SSSR count). The van der Waals surface area contributed by atoms with Gasteiger partial charge in [0, 0.05) is 18.0 Å². The maximum absolute atomic E-state index is 13.8. The molecule has 0 spiro atoms. The number of hydrogen-bond acceptors (Lipinski definition) is 10. The molecule has 12 heteroatoms. The highest BCUT2D eigenvalue weighted by molar-refractivity contribution is 6.24. The molecule has 1 aromatic carbocycles. The number of nitrogens with two attached hydrogens (primary N) is 1. The zero-order valence-electron chi connectivity index (χ0n) is 20.7. The summed E-state index contributed by atoms with van der Waals surface area (Å²) in [5.41, 5.74) is 2.16. The standard InChI is InChI=1S/C25H30N4O8/c1-4-27-14(30)9-28-13-6-5-10-7-11-8-12-18(29(2)3)21(33)17(24(26)36)23(35)25(12,37)22(34)16(11)20(32)15(10)19(13)31/h5-6,11-12,18,28,31-32,35,37H,4,7-9H2,1-3H3,(H2,26,36)(H,27,30)/t11-,12-,18+,25-/m1/s1. The van der Waals surface area contributed by atoms with Crippen LogP contribution in [0.5, 0.6) is 5.75 Å². The van der Waals surface area contributed by atoms with Crippen LogP contribution < -0.4 is 16.4 Å². The molecule has 0 saturated heterocycles. The van der Waals surface area contributed by atoms with Gasteiger partial charge in [0.25, 0.3) is 5.91 Å². The quantitative estimate of drug-likeness (QED) is 0.192. The molecule has 0 aliphatic heterocycles. The van der Waals surface area contributed by atoms with Crippen molar-refractivity contribution in [3.05, 3.63) is 40.2 Å². The van der Waals surface area contributed by atoms with E-state index in [1.54, 1.807) is 33.2 Å². The van der Waals surface area contributed by atoms with Crippen LogP contribution in [0.15, 0.2) is 29.0 Å². The average Bonchev–Trinajstić information content (AvgIpc) is 2.80. The number of carbonyl (C=O) groups is 4. The van der Waals surface area contributed by atoms with Crippen LogP contribution in [-0.2, 0) is 25.6 Å². The van der Waals surface area contributed by atoms with Crippen LogP contribution in [0.25, 0.3) is 5.76 Å². The van der Waals surface area contributed by atoms with Gasteiger partial charge in [0.05, 0.1) is 23.8 Å². The Bertz CT molecular complexity index is 1280. The predicted molar refractivity (Wildman–Crippen MR) is 131 cm³/mol. The molecule has 1 aromatic rings. The Hall–Kier alpha value is -3.90. The molecule has 198 valence electrons. The molecule has 3 aliphatic carbocycles. The number of amides is 2. The Morgan fingerprint density at radius 2 is 1.86 bits per heavy atom. The number of carbonyl (C=O) groups excluding carboxylic acids is 4. The van der Waals surface area contributed by atoms with Gasteiger partial charge in [-0.25, -0.2) is 0 Å². The van der Waals surface area contributed by atoms with Crippen molar-refractivity contribution in [2.24, 2.45) is 17.6 Å². The van der Waals surface area contributed by atoms with Crippen LogP contribution in [0.4, 0.5) is 5.69 Å². The van der Waals surface area contributed by atoms with Gasteiger partial charge in [-0.2, -0.15) is 0 Å². The first kappa shape index (κ1) is 26.2. The number of aliphatic hydroxyl groups excluding tert-OH is 2. The summed E-state index contributed by atoms with van der Waals surface area (Å²) in [5, 5.41) is 49.9. The third-order valence-corrected chi connectivity index (χ3v) is 7.41. The number of anilines is 1. The van der Waals surface area contributed by atoms with Gasteiger partial charge < -0.3 is 36.8 Å². The molecule has 37 heavy (non-hydrogen) atoms. The van der Waals surface area contributed by atoms with Gasteiger partial charge in [-0.3, -0.25) is 24.1 Å². The lowest BCUT2D eigenvalue weighted by Gasteiger charge is -2.50. The molecule has 0 aromatic heterocycles. The minimum Gasteiger partial charge on any atom is -0.508 e. The first-order valence-electron chi connectivity index (χ1n) is 11.9. The molecule has 3 aliphatic rings. The molecule has 0 bridgehead atoms. The number of ketones is 2. The van der Waals surface area contributed by atoms with E-state index in [0.29, 0.717) is 12.1 Å². The van der Waals surface area contributed by atoms with E-state index >= 15 is 0 Å². The zero-order valence-corrected chi connectivity index (χ0v) is 20.7. The summed E-state index contributed by atoms with van der Waals surface area (Å²) in [7, 11) is 3.08. The second kappa shape index (κ2) is 9.20. The highest BCUT2D eigenvalue weighted by Crippen LogP contribution is 2.53. The summed E-state index contributed by atoms with van der Waals surface area (Å²) in [6, 6.07) is 2.06. The van der Waals surface area contributed by atoms with Crippen LogP contribution in [0.1, 0.15) is 24.5 Å². The predicted octanol–water partition coefficient (Wildman–Crippen LogP) is -0.488. The number of aromatic hydroxyl groups is 1. The van der Waals surface area contributed by atoms with E-state index in [1.807, 2.05) is 0 Å². The van der Waals surface area contributed by atoms with Crippen molar-refractivity contribution in [2.75, 3.05) is 32.5 Å². The molecule has 12 nitrogen and oxygen atoms in total. The van der Waals surface area contributed by atoms with Gasteiger partial charge in [0.15, 0.2) is 11.4 Å². The van der Waals surface area contributed by atoms with Gasteiger partial charge in [-0.05, 0) is 51.4 Å². The van der Waals surface area contributed by atoms with Gasteiger partial charge in [-0.15, -0.1) is 0 Å². The summed E-state index contributed by atoms with van der Waals surface area (Å²) in [4.78, 5) is 52.1. The highest BCUT2D eigenvalue weighted by atomic mass is 16.3. The van der Waals surface area contributed by atoms with Gasteiger partial charge in [0.2, 0.25) is 11.7 Å². The summed E-state index contributed by atoms with van der Waals surface area (Å²) >= 11 is 0. The SMILES string of the molecule is CCNC(=O)CNc1ccc2c(c1O)C(O)=C1C(=O)[C@@]3(O)C(O)=C(C(N)=O)C(=O)[C@@H](N(C)C)[C@H]3C[C@H]1C2. The number of Topliss-reactive ketones (excluding diaryl/α,β-unsaturated/α-hetero) is 2. The Labute approximate surface area is 212 Å². The molecule has 2 amide bonds. The summed E-state index contributed by atoms with van der Waals surface area (Å²) in [6.45, 7) is 2.04. The smallest absolute Gasteiger partial charge is 0.255 e. The van der Waals surface area contributed by atoms with Crippen LogP contribution in [0, 0.1) is 11.8 Å². The molecular formula is C25H30N4O8. The minimum absolute atomic E-state index is 0.0176. The van der Waals surface area contributed by atoms with E-state index in [9.17, 15) is 39.6 Å². The maximum atomic E-state index is 13.8. The topological polar surface area (TPSA) is 203 Å². The van der Waals surface area contributed by atoms with E-state index in [-0.39, 0.29) is 42.1 Å². The number of hydrogen-bond donors (Lipinski definition) is 7. The average molecular weight is 515 g/mol. The highest BCUT2D eigenvalue weighted by Gasteiger charge is 2.64. The van der Waals surface area contributed by atoms with Gasteiger partial charge in [-0.1, -0.05) is 6.07 Å². The number of fused-ring (bicyclic) bond motifs is 3. The Morgan fingerprint density at radius 1 is 1.19 bits per heavy atom. The molecule has 1 saturated carbocycles. The van der Waals surface area contributed by atoms with Crippen molar-refractivity contribution in [1.29, 1.82) is 0 Å². The first-order chi connectivity index (χ1) is 17.4. The number of nitrogens with zero attached hydrogens (tertiary/aromatic N) is 1. The Balaban J connectivity index is 1.83. The van der Waals surface area contributed by atoms with Crippen molar-refractivity contribution < 1.29 is 39.6 Å². The maximum Gasteiger partial charge on any atom is 0.255 e.